The van der Waals surface area contributed by atoms with Gasteiger partial charge >= 0.3 is 0 Å². The highest BCUT2D eigenvalue weighted by atomic mass is 16.5. The van der Waals surface area contributed by atoms with Crippen LogP contribution < -0.4 is 0 Å². The molecule has 0 rings (SSSR count). The van der Waals surface area contributed by atoms with Crippen LogP contribution >= 0.6 is 0 Å². The third kappa shape index (κ3) is 11.5. The predicted octanol–water partition coefficient (Wildman–Crippen LogP) is 2.02. The second-order valence-corrected chi connectivity index (χ2v) is 2.64. The first kappa shape index (κ1) is 12.5. The van der Waals surface area contributed by atoms with Crippen molar-refractivity contribution in [3.63, 3.8) is 0 Å². The zero-order chi connectivity index (χ0) is 9.78. The van der Waals surface area contributed by atoms with Crippen molar-refractivity contribution < 1.29 is 9.39 Å². The first-order valence-electron chi connectivity index (χ1n) is 4.57. The van der Waals surface area contributed by atoms with E-state index in [2.05, 4.69) is 17.3 Å². The van der Waals surface area contributed by atoms with E-state index in [9.17, 15) is 0 Å². The first-order valence-corrected chi connectivity index (χ1v) is 4.57. The van der Waals surface area contributed by atoms with Gasteiger partial charge in [0.25, 0.3) is 8.05 Å². The highest BCUT2D eigenvalue weighted by molar-refractivity contribution is 5.97. The zero-order valence-electron chi connectivity index (χ0n) is 8.08. The molecule has 0 aromatic carbocycles. The van der Waals surface area contributed by atoms with Crippen molar-refractivity contribution in [2.45, 2.75) is 19.3 Å². The lowest BCUT2D eigenvalue weighted by Crippen LogP contribution is -2.01. The molecule has 0 spiro atoms. The lowest BCUT2D eigenvalue weighted by atomic mass is 10.2. The van der Waals surface area contributed by atoms with Crippen molar-refractivity contribution in [1.82, 2.24) is 0 Å². The van der Waals surface area contributed by atoms with Crippen molar-refractivity contribution in [2.75, 3.05) is 19.8 Å². The lowest BCUT2D eigenvalue weighted by Gasteiger charge is -1.98. The Balaban J connectivity index is 2.98. The third-order valence-electron chi connectivity index (χ3n) is 1.51. The molecule has 0 aliphatic carbocycles. The molecule has 0 aliphatic heterocycles. The van der Waals surface area contributed by atoms with Crippen LogP contribution in [0.5, 0.6) is 0 Å². The molecule has 0 heterocycles. The van der Waals surface area contributed by atoms with Crippen molar-refractivity contribution >= 4 is 8.05 Å². The van der Waals surface area contributed by atoms with Crippen LogP contribution in [0, 0.1) is 0 Å². The maximum Gasteiger partial charge on any atom is 0.282 e. The minimum atomic E-state index is 0.449. The summed E-state index contributed by atoms with van der Waals surface area (Å²) in [6.45, 7) is 5.29. The molecule has 3 heteroatoms. The maximum atomic E-state index is 5.17. The van der Waals surface area contributed by atoms with Gasteiger partial charge < -0.3 is 9.39 Å². The fourth-order valence-corrected chi connectivity index (χ4v) is 0.824. The standard InChI is InChI=1S/C10H17BO2/c1-2-3-4-5-6-7-8-12-9-10-13-11/h2,6-7H,1,3-5,8-10H2. The fraction of sp³-hybridized carbons (Fsp3) is 0.600. The smallest absolute Gasteiger partial charge is 0.282 e. The number of unbranched alkanes of at least 4 members (excludes halogenated alkanes) is 2. The van der Waals surface area contributed by atoms with E-state index >= 15 is 0 Å². The summed E-state index contributed by atoms with van der Waals surface area (Å²) in [7, 11) is 4.82. The number of ether oxygens (including phenoxy) is 1. The van der Waals surface area contributed by atoms with Crippen LogP contribution in [0.3, 0.4) is 0 Å². The summed E-state index contributed by atoms with van der Waals surface area (Å²) in [5, 5.41) is 0. The van der Waals surface area contributed by atoms with E-state index in [0.29, 0.717) is 19.8 Å². The summed E-state index contributed by atoms with van der Waals surface area (Å²) >= 11 is 0. The van der Waals surface area contributed by atoms with Gasteiger partial charge in [0.1, 0.15) is 0 Å². The lowest BCUT2D eigenvalue weighted by molar-refractivity contribution is 0.125. The molecular weight excluding hydrogens is 163 g/mol. The quantitative estimate of drug-likeness (QED) is 0.307. The monoisotopic (exact) mass is 180 g/mol. The first-order chi connectivity index (χ1) is 6.41. The van der Waals surface area contributed by atoms with Gasteiger partial charge in [0.2, 0.25) is 0 Å². The van der Waals surface area contributed by atoms with Gasteiger partial charge in [-0.15, -0.1) is 6.58 Å². The second kappa shape index (κ2) is 11.5. The molecule has 0 saturated carbocycles. The summed E-state index contributed by atoms with van der Waals surface area (Å²) in [5.41, 5.74) is 0. The molecule has 0 aliphatic rings. The topological polar surface area (TPSA) is 18.5 Å². The van der Waals surface area contributed by atoms with Crippen LogP contribution in [0.15, 0.2) is 24.8 Å². The normalized spacial score (nSPS) is 10.8. The van der Waals surface area contributed by atoms with E-state index in [0.717, 1.165) is 19.3 Å². The summed E-state index contributed by atoms with van der Waals surface area (Å²) < 4.78 is 9.51. The third-order valence-corrected chi connectivity index (χ3v) is 1.51. The molecule has 0 aromatic heterocycles. The molecule has 0 atom stereocenters. The second-order valence-electron chi connectivity index (χ2n) is 2.64. The Morgan fingerprint density at radius 3 is 2.69 bits per heavy atom. The van der Waals surface area contributed by atoms with Crippen LogP contribution in [0.25, 0.3) is 0 Å². The molecule has 0 N–H and O–H groups in total. The Labute approximate surface area is 82.1 Å². The minimum absolute atomic E-state index is 0.449. The average Bonchev–Trinajstić information content (AvgIpc) is 2.16. The highest BCUT2D eigenvalue weighted by Crippen LogP contribution is 1.96. The van der Waals surface area contributed by atoms with E-state index in [1.54, 1.807) is 0 Å². The summed E-state index contributed by atoms with van der Waals surface area (Å²) in [6.07, 6.45) is 9.39. The van der Waals surface area contributed by atoms with Gasteiger partial charge in [0.05, 0.1) is 19.8 Å². The Morgan fingerprint density at radius 2 is 2.00 bits per heavy atom. The van der Waals surface area contributed by atoms with E-state index in [4.69, 9.17) is 12.8 Å². The van der Waals surface area contributed by atoms with Crippen molar-refractivity contribution in [3.8, 4) is 0 Å². The van der Waals surface area contributed by atoms with Gasteiger partial charge in [-0.05, 0) is 19.3 Å². The van der Waals surface area contributed by atoms with Crippen molar-refractivity contribution in [3.05, 3.63) is 24.8 Å². The summed E-state index contributed by atoms with van der Waals surface area (Å²) in [6, 6.07) is 0. The summed E-state index contributed by atoms with van der Waals surface area (Å²) in [5.74, 6) is 0. The molecule has 0 saturated heterocycles. The molecule has 0 fully saturated rings. The summed E-state index contributed by atoms with van der Waals surface area (Å²) in [4.78, 5) is 0. The number of rotatable bonds is 9. The van der Waals surface area contributed by atoms with Gasteiger partial charge in [-0.1, -0.05) is 18.2 Å². The van der Waals surface area contributed by atoms with Gasteiger partial charge in [-0.25, -0.2) is 0 Å². The minimum Gasteiger partial charge on any atom is -0.445 e. The molecule has 2 radical (unpaired) electrons. The fourth-order valence-electron chi connectivity index (χ4n) is 0.824. The predicted molar refractivity (Wildman–Crippen MR) is 55.7 cm³/mol. The largest absolute Gasteiger partial charge is 0.445 e. The van der Waals surface area contributed by atoms with Crippen LogP contribution in [-0.4, -0.2) is 27.9 Å². The van der Waals surface area contributed by atoms with E-state index in [1.807, 2.05) is 12.2 Å². The average molecular weight is 180 g/mol. The van der Waals surface area contributed by atoms with Crippen LogP contribution in [0.2, 0.25) is 0 Å². The maximum absolute atomic E-state index is 5.17. The SMILES string of the molecule is [B]OCCOCC=CCCCC=C. The van der Waals surface area contributed by atoms with E-state index in [1.165, 1.54) is 0 Å². The van der Waals surface area contributed by atoms with Gasteiger partial charge in [0, 0.05) is 0 Å². The molecule has 0 unspecified atom stereocenters. The Morgan fingerprint density at radius 1 is 1.15 bits per heavy atom. The zero-order valence-corrected chi connectivity index (χ0v) is 8.08. The van der Waals surface area contributed by atoms with Crippen molar-refractivity contribution in [1.29, 1.82) is 0 Å². The number of allylic oxidation sites excluding steroid dienone is 2. The van der Waals surface area contributed by atoms with Gasteiger partial charge in [0.15, 0.2) is 0 Å². The van der Waals surface area contributed by atoms with Crippen LogP contribution in [0.1, 0.15) is 19.3 Å². The Hall–Kier alpha value is -0.535. The van der Waals surface area contributed by atoms with Gasteiger partial charge in [-0.2, -0.15) is 0 Å². The molecule has 0 bridgehead atoms. The van der Waals surface area contributed by atoms with Crippen LogP contribution in [-0.2, 0) is 9.39 Å². The molecule has 2 nitrogen and oxygen atoms in total. The Bertz CT molecular complexity index is 135. The van der Waals surface area contributed by atoms with Crippen LogP contribution in [0.4, 0.5) is 0 Å². The molecule has 0 amide bonds. The van der Waals surface area contributed by atoms with E-state index < -0.39 is 0 Å². The van der Waals surface area contributed by atoms with Gasteiger partial charge in [-0.3, -0.25) is 0 Å². The van der Waals surface area contributed by atoms with E-state index in [-0.39, 0.29) is 0 Å². The molecule has 13 heavy (non-hydrogen) atoms. The van der Waals surface area contributed by atoms with Crippen molar-refractivity contribution in [2.24, 2.45) is 0 Å². The molecular formula is C10H17BO2. The Kier molecular flexibility index (Phi) is 11.0. The number of hydrogen-bond acceptors (Lipinski definition) is 2. The highest BCUT2D eigenvalue weighted by Gasteiger charge is 1.82. The number of hydrogen-bond donors (Lipinski definition) is 0. The molecule has 72 valence electrons. The molecule has 0 aromatic rings.